The summed E-state index contributed by atoms with van der Waals surface area (Å²) in [5.41, 5.74) is 0. The Balaban J connectivity index is 2.40. The second kappa shape index (κ2) is 7.92. The summed E-state index contributed by atoms with van der Waals surface area (Å²) in [7, 11) is 0. The van der Waals surface area contributed by atoms with Crippen LogP contribution in [0.15, 0.2) is 24.3 Å². The van der Waals surface area contributed by atoms with E-state index in [9.17, 15) is 0 Å². The predicted octanol–water partition coefficient (Wildman–Crippen LogP) is 1.43. The van der Waals surface area contributed by atoms with Gasteiger partial charge in [0, 0.05) is 0 Å². The highest BCUT2D eigenvalue weighted by Crippen LogP contribution is 2.17. The molecule has 1 atom stereocenters. The van der Waals surface area contributed by atoms with E-state index in [1.807, 2.05) is 38.1 Å². The van der Waals surface area contributed by atoms with Gasteiger partial charge in [-0.1, -0.05) is 6.92 Å². The molecule has 17 heavy (non-hydrogen) atoms. The van der Waals surface area contributed by atoms with Gasteiger partial charge in [-0.2, -0.15) is 0 Å². The fourth-order valence-corrected chi connectivity index (χ4v) is 1.46. The molecule has 0 saturated carbocycles. The summed E-state index contributed by atoms with van der Waals surface area (Å²) < 4.78 is 10.9. The SMILES string of the molecule is CCNC(CO)COc1ccc(OCC)cc1. The van der Waals surface area contributed by atoms with Crippen LogP contribution < -0.4 is 14.8 Å². The van der Waals surface area contributed by atoms with E-state index in [-0.39, 0.29) is 12.6 Å². The molecule has 1 rings (SSSR count). The first-order chi connectivity index (χ1) is 8.30. The van der Waals surface area contributed by atoms with Crippen LogP contribution in [0.25, 0.3) is 0 Å². The number of hydrogen-bond acceptors (Lipinski definition) is 4. The molecule has 0 spiro atoms. The first kappa shape index (κ1) is 13.8. The monoisotopic (exact) mass is 239 g/mol. The Hall–Kier alpha value is -1.26. The highest BCUT2D eigenvalue weighted by molar-refractivity contribution is 5.31. The van der Waals surface area contributed by atoms with Gasteiger partial charge < -0.3 is 19.9 Å². The summed E-state index contributed by atoms with van der Waals surface area (Å²) in [6.07, 6.45) is 0. The molecule has 4 nitrogen and oxygen atoms in total. The molecule has 0 radical (unpaired) electrons. The highest BCUT2D eigenvalue weighted by Gasteiger charge is 2.06. The van der Waals surface area contributed by atoms with Crippen molar-refractivity contribution >= 4 is 0 Å². The molecule has 0 fully saturated rings. The summed E-state index contributed by atoms with van der Waals surface area (Å²) in [6.45, 7) is 5.96. The van der Waals surface area contributed by atoms with Gasteiger partial charge in [0.25, 0.3) is 0 Å². The molecule has 4 heteroatoms. The molecule has 0 amide bonds. The Morgan fingerprint density at radius 2 is 1.71 bits per heavy atom. The summed E-state index contributed by atoms with van der Waals surface area (Å²) in [6, 6.07) is 7.46. The minimum Gasteiger partial charge on any atom is -0.494 e. The Morgan fingerprint density at radius 1 is 1.12 bits per heavy atom. The Labute approximate surface area is 103 Å². The maximum Gasteiger partial charge on any atom is 0.119 e. The van der Waals surface area contributed by atoms with Crippen molar-refractivity contribution in [1.82, 2.24) is 5.32 Å². The molecule has 96 valence electrons. The summed E-state index contributed by atoms with van der Waals surface area (Å²) in [5, 5.41) is 12.2. The molecule has 1 aromatic rings. The van der Waals surface area contributed by atoms with Gasteiger partial charge in [-0.25, -0.2) is 0 Å². The van der Waals surface area contributed by atoms with E-state index in [2.05, 4.69) is 5.32 Å². The number of nitrogens with one attached hydrogen (secondary N) is 1. The smallest absolute Gasteiger partial charge is 0.119 e. The average Bonchev–Trinajstić information content (AvgIpc) is 2.36. The lowest BCUT2D eigenvalue weighted by Gasteiger charge is -2.16. The van der Waals surface area contributed by atoms with Crippen molar-refractivity contribution in [2.24, 2.45) is 0 Å². The van der Waals surface area contributed by atoms with Crippen LogP contribution in [0.1, 0.15) is 13.8 Å². The lowest BCUT2D eigenvalue weighted by Crippen LogP contribution is -2.37. The van der Waals surface area contributed by atoms with E-state index in [4.69, 9.17) is 14.6 Å². The quantitative estimate of drug-likeness (QED) is 0.720. The molecule has 1 unspecified atom stereocenters. The third-order valence-electron chi connectivity index (χ3n) is 2.30. The van der Waals surface area contributed by atoms with Crippen molar-refractivity contribution in [3.63, 3.8) is 0 Å². The zero-order chi connectivity index (χ0) is 12.5. The van der Waals surface area contributed by atoms with Gasteiger partial charge in [0.05, 0.1) is 19.3 Å². The van der Waals surface area contributed by atoms with Gasteiger partial charge in [0.2, 0.25) is 0 Å². The van der Waals surface area contributed by atoms with Crippen molar-refractivity contribution in [3.05, 3.63) is 24.3 Å². The maximum absolute atomic E-state index is 9.09. The normalized spacial score (nSPS) is 12.2. The average molecular weight is 239 g/mol. The Morgan fingerprint density at radius 3 is 2.18 bits per heavy atom. The van der Waals surface area contributed by atoms with Crippen molar-refractivity contribution in [2.45, 2.75) is 19.9 Å². The van der Waals surface area contributed by atoms with E-state index in [0.717, 1.165) is 18.0 Å². The lowest BCUT2D eigenvalue weighted by molar-refractivity contribution is 0.184. The molecule has 0 saturated heterocycles. The molecule has 0 bridgehead atoms. The molecule has 0 heterocycles. The summed E-state index contributed by atoms with van der Waals surface area (Å²) >= 11 is 0. The molecule has 2 N–H and O–H groups in total. The van der Waals surface area contributed by atoms with Gasteiger partial charge in [0.1, 0.15) is 18.1 Å². The van der Waals surface area contributed by atoms with Gasteiger partial charge in [0.15, 0.2) is 0 Å². The fourth-order valence-electron chi connectivity index (χ4n) is 1.46. The van der Waals surface area contributed by atoms with E-state index in [0.29, 0.717) is 13.2 Å². The summed E-state index contributed by atoms with van der Waals surface area (Å²) in [4.78, 5) is 0. The lowest BCUT2D eigenvalue weighted by atomic mass is 10.3. The van der Waals surface area contributed by atoms with Crippen LogP contribution in [-0.4, -0.2) is 37.5 Å². The van der Waals surface area contributed by atoms with Crippen molar-refractivity contribution in [1.29, 1.82) is 0 Å². The van der Waals surface area contributed by atoms with E-state index < -0.39 is 0 Å². The van der Waals surface area contributed by atoms with Crippen LogP contribution in [0.2, 0.25) is 0 Å². The Bertz CT molecular complexity index is 300. The maximum atomic E-state index is 9.09. The van der Waals surface area contributed by atoms with E-state index in [1.165, 1.54) is 0 Å². The molecular formula is C13H21NO3. The number of aliphatic hydroxyl groups excluding tert-OH is 1. The number of rotatable bonds is 8. The standard InChI is InChI=1S/C13H21NO3/c1-3-14-11(9-15)10-17-13-7-5-12(6-8-13)16-4-2/h5-8,11,14-15H,3-4,9-10H2,1-2H3. The van der Waals surface area contributed by atoms with Gasteiger partial charge in [-0.15, -0.1) is 0 Å². The van der Waals surface area contributed by atoms with Crippen LogP contribution >= 0.6 is 0 Å². The van der Waals surface area contributed by atoms with Crippen molar-refractivity contribution in [2.75, 3.05) is 26.4 Å². The number of hydrogen-bond donors (Lipinski definition) is 2. The predicted molar refractivity (Wildman–Crippen MR) is 67.7 cm³/mol. The molecule has 0 aromatic heterocycles. The zero-order valence-corrected chi connectivity index (χ0v) is 10.5. The van der Waals surface area contributed by atoms with Crippen LogP contribution in [0, 0.1) is 0 Å². The molecular weight excluding hydrogens is 218 g/mol. The molecule has 0 aliphatic heterocycles. The topological polar surface area (TPSA) is 50.7 Å². The largest absolute Gasteiger partial charge is 0.494 e. The Kier molecular flexibility index (Phi) is 6.43. The van der Waals surface area contributed by atoms with Crippen molar-refractivity contribution < 1.29 is 14.6 Å². The summed E-state index contributed by atoms with van der Waals surface area (Å²) in [5.74, 6) is 1.62. The van der Waals surface area contributed by atoms with E-state index >= 15 is 0 Å². The fraction of sp³-hybridized carbons (Fsp3) is 0.538. The zero-order valence-electron chi connectivity index (χ0n) is 10.5. The third kappa shape index (κ3) is 5.06. The number of aliphatic hydroxyl groups is 1. The van der Waals surface area contributed by atoms with Gasteiger partial charge >= 0.3 is 0 Å². The first-order valence-corrected chi connectivity index (χ1v) is 6.00. The first-order valence-electron chi connectivity index (χ1n) is 6.00. The van der Waals surface area contributed by atoms with Crippen molar-refractivity contribution in [3.8, 4) is 11.5 Å². The minimum absolute atomic E-state index is 0.0217. The van der Waals surface area contributed by atoms with Crippen LogP contribution in [0.4, 0.5) is 0 Å². The number of likely N-dealkylation sites (N-methyl/N-ethyl adjacent to an activating group) is 1. The third-order valence-corrected chi connectivity index (χ3v) is 2.30. The second-order valence-electron chi connectivity index (χ2n) is 3.65. The van der Waals surface area contributed by atoms with Gasteiger partial charge in [-0.05, 0) is 37.7 Å². The van der Waals surface area contributed by atoms with Gasteiger partial charge in [-0.3, -0.25) is 0 Å². The number of benzene rings is 1. The molecule has 1 aromatic carbocycles. The highest BCUT2D eigenvalue weighted by atomic mass is 16.5. The number of ether oxygens (including phenoxy) is 2. The second-order valence-corrected chi connectivity index (χ2v) is 3.65. The molecule has 0 aliphatic rings. The van der Waals surface area contributed by atoms with Crippen LogP contribution in [0.5, 0.6) is 11.5 Å². The van der Waals surface area contributed by atoms with Crippen LogP contribution in [-0.2, 0) is 0 Å². The van der Waals surface area contributed by atoms with Crippen LogP contribution in [0.3, 0.4) is 0 Å². The van der Waals surface area contributed by atoms with E-state index in [1.54, 1.807) is 0 Å². The minimum atomic E-state index is -0.0217. The molecule has 0 aliphatic carbocycles.